The van der Waals surface area contributed by atoms with Gasteiger partial charge in [-0.2, -0.15) is 0 Å². The van der Waals surface area contributed by atoms with Gasteiger partial charge >= 0.3 is 5.69 Å². The standard InChI is InChI=1S/C8H9N3O5S/c9-17(14,15)8-7(16-5-1-2-5)6(11(12)13)3-4-10-8/h3-5H,1-2H2,(H2,9,14,15). The first-order chi connectivity index (χ1) is 7.89. The maximum atomic E-state index is 11.2. The number of nitrogens with two attached hydrogens (primary N) is 1. The van der Waals surface area contributed by atoms with Crippen LogP contribution in [0.1, 0.15) is 12.8 Å². The Kier molecular flexibility index (Phi) is 2.71. The molecule has 0 atom stereocenters. The second-order valence-electron chi connectivity index (χ2n) is 3.58. The van der Waals surface area contributed by atoms with Crippen molar-refractivity contribution in [3.05, 3.63) is 22.4 Å². The number of rotatable bonds is 4. The molecule has 0 aromatic carbocycles. The van der Waals surface area contributed by atoms with Crippen molar-refractivity contribution in [2.45, 2.75) is 24.0 Å². The first-order valence-electron chi connectivity index (χ1n) is 4.72. The zero-order chi connectivity index (χ0) is 12.6. The Balaban J connectivity index is 2.57. The van der Waals surface area contributed by atoms with Crippen molar-refractivity contribution in [2.75, 3.05) is 0 Å². The number of nitro groups is 1. The van der Waals surface area contributed by atoms with Crippen LogP contribution in [0.5, 0.6) is 5.75 Å². The van der Waals surface area contributed by atoms with E-state index in [4.69, 9.17) is 9.88 Å². The molecule has 17 heavy (non-hydrogen) atoms. The lowest BCUT2D eigenvalue weighted by molar-refractivity contribution is -0.386. The van der Waals surface area contributed by atoms with Gasteiger partial charge in [0, 0.05) is 12.3 Å². The number of hydrogen-bond acceptors (Lipinski definition) is 6. The highest BCUT2D eigenvalue weighted by Crippen LogP contribution is 2.36. The Hall–Kier alpha value is -1.74. The van der Waals surface area contributed by atoms with E-state index in [2.05, 4.69) is 4.98 Å². The van der Waals surface area contributed by atoms with Gasteiger partial charge in [-0.1, -0.05) is 0 Å². The monoisotopic (exact) mass is 259 g/mol. The van der Waals surface area contributed by atoms with Gasteiger partial charge in [-0.3, -0.25) is 10.1 Å². The number of hydrogen-bond donors (Lipinski definition) is 1. The van der Waals surface area contributed by atoms with Crippen LogP contribution < -0.4 is 9.88 Å². The summed E-state index contributed by atoms with van der Waals surface area (Å²) in [6.07, 6.45) is 2.28. The summed E-state index contributed by atoms with van der Waals surface area (Å²) in [4.78, 5) is 13.6. The molecule has 9 heteroatoms. The van der Waals surface area contributed by atoms with E-state index in [1.807, 2.05) is 0 Å². The van der Waals surface area contributed by atoms with E-state index in [0.717, 1.165) is 25.1 Å². The fourth-order valence-electron chi connectivity index (χ4n) is 1.23. The van der Waals surface area contributed by atoms with Gasteiger partial charge in [0.1, 0.15) is 0 Å². The molecule has 0 unspecified atom stereocenters. The van der Waals surface area contributed by atoms with Gasteiger partial charge in [-0.25, -0.2) is 18.5 Å². The Labute approximate surface area is 96.6 Å². The number of aromatic nitrogens is 1. The molecule has 0 radical (unpaired) electrons. The van der Waals surface area contributed by atoms with Crippen LogP contribution in [0.4, 0.5) is 5.69 Å². The van der Waals surface area contributed by atoms with Gasteiger partial charge in [-0.15, -0.1) is 0 Å². The molecule has 0 amide bonds. The number of ether oxygens (including phenoxy) is 1. The van der Waals surface area contributed by atoms with Gasteiger partial charge < -0.3 is 4.74 Å². The number of nitrogens with zero attached hydrogens (tertiary/aromatic N) is 2. The predicted octanol–water partition coefficient (Wildman–Crippen LogP) is 0.178. The summed E-state index contributed by atoms with van der Waals surface area (Å²) in [6, 6.07) is 1.08. The first kappa shape index (κ1) is 11.7. The third-order valence-electron chi connectivity index (χ3n) is 2.13. The lowest BCUT2D eigenvalue weighted by Crippen LogP contribution is -2.17. The molecule has 92 valence electrons. The van der Waals surface area contributed by atoms with E-state index < -0.39 is 25.7 Å². The van der Waals surface area contributed by atoms with Crippen molar-refractivity contribution in [3.63, 3.8) is 0 Å². The van der Waals surface area contributed by atoms with Gasteiger partial charge in [0.2, 0.25) is 10.8 Å². The number of primary sulfonamides is 1. The van der Waals surface area contributed by atoms with E-state index in [-0.39, 0.29) is 11.9 Å². The van der Waals surface area contributed by atoms with Crippen molar-refractivity contribution >= 4 is 15.7 Å². The summed E-state index contributed by atoms with van der Waals surface area (Å²) in [7, 11) is -4.15. The van der Waals surface area contributed by atoms with Gasteiger partial charge in [-0.05, 0) is 12.8 Å². The third-order valence-corrected chi connectivity index (χ3v) is 2.96. The predicted molar refractivity (Wildman–Crippen MR) is 55.9 cm³/mol. The van der Waals surface area contributed by atoms with Crippen molar-refractivity contribution < 1.29 is 18.1 Å². The second kappa shape index (κ2) is 3.93. The summed E-state index contributed by atoms with van der Waals surface area (Å²) in [5, 5.41) is 15.1. The van der Waals surface area contributed by atoms with Crippen LogP contribution in [0.15, 0.2) is 17.3 Å². The highest BCUT2D eigenvalue weighted by molar-refractivity contribution is 7.89. The molecule has 8 nitrogen and oxygen atoms in total. The highest BCUT2D eigenvalue weighted by Gasteiger charge is 2.32. The Morgan fingerprint density at radius 1 is 1.53 bits per heavy atom. The van der Waals surface area contributed by atoms with Crippen LogP contribution in [0.2, 0.25) is 0 Å². The average Bonchev–Trinajstić information content (AvgIpc) is 3.00. The summed E-state index contributed by atoms with van der Waals surface area (Å²) >= 11 is 0. The van der Waals surface area contributed by atoms with Gasteiger partial charge in [0.25, 0.3) is 10.0 Å². The molecule has 1 aromatic heterocycles. The minimum atomic E-state index is -4.15. The van der Waals surface area contributed by atoms with E-state index in [1.54, 1.807) is 0 Å². The molecule has 1 aromatic rings. The largest absolute Gasteiger partial charge is 0.481 e. The number of sulfonamides is 1. The van der Waals surface area contributed by atoms with Gasteiger partial charge in [0.05, 0.1) is 11.0 Å². The van der Waals surface area contributed by atoms with Crippen LogP contribution in [0, 0.1) is 10.1 Å². The van der Waals surface area contributed by atoms with Crippen molar-refractivity contribution in [1.29, 1.82) is 0 Å². The maximum Gasteiger partial charge on any atom is 0.315 e. The highest BCUT2D eigenvalue weighted by atomic mass is 32.2. The molecular formula is C8H9N3O5S. The zero-order valence-corrected chi connectivity index (χ0v) is 9.38. The van der Waals surface area contributed by atoms with E-state index in [9.17, 15) is 18.5 Å². The van der Waals surface area contributed by atoms with E-state index in [0.29, 0.717) is 0 Å². The van der Waals surface area contributed by atoms with Crippen molar-refractivity contribution in [3.8, 4) is 5.75 Å². The molecule has 1 fully saturated rings. The minimum Gasteiger partial charge on any atom is -0.481 e. The minimum absolute atomic E-state index is 0.196. The Morgan fingerprint density at radius 2 is 2.18 bits per heavy atom. The van der Waals surface area contributed by atoms with E-state index >= 15 is 0 Å². The van der Waals surface area contributed by atoms with Crippen molar-refractivity contribution in [1.82, 2.24) is 4.98 Å². The fourth-order valence-corrected chi connectivity index (χ4v) is 1.85. The van der Waals surface area contributed by atoms with Crippen molar-refractivity contribution in [2.24, 2.45) is 5.14 Å². The normalized spacial score (nSPS) is 15.6. The SMILES string of the molecule is NS(=O)(=O)c1nccc([N+](=O)[O-])c1OC1CC1. The number of pyridine rings is 1. The van der Waals surface area contributed by atoms with Crippen LogP contribution >= 0.6 is 0 Å². The Morgan fingerprint density at radius 3 is 2.65 bits per heavy atom. The molecule has 1 aliphatic carbocycles. The summed E-state index contributed by atoms with van der Waals surface area (Å²) in [5.74, 6) is -0.373. The summed E-state index contributed by atoms with van der Waals surface area (Å²) < 4.78 is 27.7. The molecular weight excluding hydrogens is 250 g/mol. The summed E-state index contributed by atoms with van der Waals surface area (Å²) in [6.45, 7) is 0. The smallest absolute Gasteiger partial charge is 0.315 e. The van der Waals surface area contributed by atoms with Crippen LogP contribution in [0.3, 0.4) is 0 Å². The molecule has 0 aliphatic heterocycles. The van der Waals surface area contributed by atoms with Crippen LogP contribution in [0.25, 0.3) is 0 Å². The van der Waals surface area contributed by atoms with Gasteiger partial charge in [0.15, 0.2) is 0 Å². The zero-order valence-electron chi connectivity index (χ0n) is 8.57. The summed E-state index contributed by atoms with van der Waals surface area (Å²) in [5.41, 5.74) is -0.448. The molecule has 2 rings (SSSR count). The lowest BCUT2D eigenvalue weighted by atomic mass is 10.4. The molecule has 0 saturated heterocycles. The average molecular weight is 259 g/mol. The molecule has 0 spiro atoms. The molecule has 1 heterocycles. The molecule has 0 bridgehead atoms. The topological polar surface area (TPSA) is 125 Å². The lowest BCUT2D eigenvalue weighted by Gasteiger charge is -2.08. The second-order valence-corrected chi connectivity index (χ2v) is 5.06. The molecule has 2 N–H and O–H groups in total. The Bertz CT molecular complexity index is 567. The maximum absolute atomic E-state index is 11.2. The van der Waals surface area contributed by atoms with Crippen LogP contribution in [-0.4, -0.2) is 24.4 Å². The third kappa shape index (κ3) is 2.50. The quantitative estimate of drug-likeness (QED) is 0.607. The molecule has 1 aliphatic rings. The molecule has 1 saturated carbocycles. The van der Waals surface area contributed by atoms with Crippen LogP contribution in [-0.2, 0) is 10.0 Å². The first-order valence-corrected chi connectivity index (χ1v) is 6.27. The fraction of sp³-hybridized carbons (Fsp3) is 0.375. The van der Waals surface area contributed by atoms with E-state index in [1.165, 1.54) is 0 Å².